The van der Waals surface area contributed by atoms with Gasteiger partial charge in [0.25, 0.3) is 0 Å². The Morgan fingerprint density at radius 3 is 2.39 bits per heavy atom. The normalized spacial score (nSPS) is 16.9. The van der Waals surface area contributed by atoms with Crippen LogP contribution in [0, 0.1) is 0 Å². The molecule has 33 heavy (non-hydrogen) atoms. The predicted molar refractivity (Wildman–Crippen MR) is 117 cm³/mol. The molecule has 2 aromatic carbocycles. The van der Waals surface area contributed by atoms with E-state index in [0.717, 1.165) is 31.6 Å². The second-order valence-electron chi connectivity index (χ2n) is 8.45. The number of nitrogens with one attached hydrogen (secondary N) is 1. The van der Waals surface area contributed by atoms with Crippen LogP contribution in [0.25, 0.3) is 0 Å². The molecule has 0 saturated carbocycles. The van der Waals surface area contributed by atoms with Crippen LogP contribution in [0.3, 0.4) is 0 Å². The average molecular weight is 482 g/mol. The molecule has 0 spiro atoms. The molecule has 10 heteroatoms. The number of carbonyl (C=O) groups is 1. The number of nitrogens with zero attached hydrogens (tertiary/aromatic N) is 2. The number of halogens is 3. The lowest BCUT2D eigenvalue weighted by atomic mass is 10.00. The molecular weight excluding hydrogens is 455 g/mol. The summed E-state index contributed by atoms with van der Waals surface area (Å²) in [5.41, 5.74) is 3.84. The summed E-state index contributed by atoms with van der Waals surface area (Å²) in [6.07, 6.45) is -3.08. The first-order valence-corrected chi connectivity index (χ1v) is 12.4. The van der Waals surface area contributed by atoms with Crippen molar-refractivity contribution in [1.29, 1.82) is 0 Å². The van der Waals surface area contributed by atoms with Gasteiger partial charge in [0.15, 0.2) is 0 Å². The van der Waals surface area contributed by atoms with Gasteiger partial charge in [0.05, 0.1) is 4.90 Å². The number of benzene rings is 2. The summed E-state index contributed by atoms with van der Waals surface area (Å²) in [6.45, 7) is 2.50. The zero-order valence-corrected chi connectivity index (χ0v) is 18.9. The highest BCUT2D eigenvalue weighted by Gasteiger charge is 2.43. The summed E-state index contributed by atoms with van der Waals surface area (Å²) in [7, 11) is -3.81. The lowest BCUT2D eigenvalue weighted by Gasteiger charge is -2.29. The maximum Gasteiger partial charge on any atom is 0.471 e. The van der Waals surface area contributed by atoms with Gasteiger partial charge in [-0.2, -0.15) is 13.2 Å². The standard InChI is InChI=1S/C23H26F3N3O3S/c24-23(25,26)22(30)29-13-9-18-6-7-21(14-20(18)16-29)33(31,32)27-10-3-11-28-12-8-17-4-1-2-5-19(17)15-28/h1-2,4-7,14,27H,3,8-13,15-16H2. The molecule has 0 bridgehead atoms. The van der Waals surface area contributed by atoms with E-state index in [0.29, 0.717) is 16.9 Å². The van der Waals surface area contributed by atoms with Gasteiger partial charge in [-0.05, 0) is 60.2 Å². The molecule has 6 nitrogen and oxygen atoms in total. The largest absolute Gasteiger partial charge is 0.471 e. The molecule has 2 aliphatic rings. The van der Waals surface area contributed by atoms with Crippen molar-refractivity contribution in [3.8, 4) is 0 Å². The maximum absolute atomic E-state index is 12.8. The molecule has 1 N–H and O–H groups in total. The van der Waals surface area contributed by atoms with Crippen molar-refractivity contribution in [1.82, 2.24) is 14.5 Å². The molecular formula is C23H26F3N3O3S. The van der Waals surface area contributed by atoms with Crippen molar-refractivity contribution in [2.24, 2.45) is 0 Å². The molecule has 0 unspecified atom stereocenters. The zero-order chi connectivity index (χ0) is 23.6. The Morgan fingerprint density at radius 2 is 1.64 bits per heavy atom. The topological polar surface area (TPSA) is 69.7 Å². The molecule has 2 aromatic rings. The molecule has 0 saturated heterocycles. The Hall–Kier alpha value is -2.43. The minimum Gasteiger partial charge on any atom is -0.330 e. The van der Waals surface area contributed by atoms with Gasteiger partial charge in [-0.1, -0.05) is 30.3 Å². The number of alkyl halides is 3. The van der Waals surface area contributed by atoms with Crippen LogP contribution in [0.2, 0.25) is 0 Å². The molecule has 0 fully saturated rings. The van der Waals surface area contributed by atoms with Gasteiger partial charge >= 0.3 is 12.1 Å². The van der Waals surface area contributed by atoms with Gasteiger partial charge in [0.1, 0.15) is 0 Å². The van der Waals surface area contributed by atoms with Gasteiger partial charge in [0, 0.05) is 32.7 Å². The van der Waals surface area contributed by atoms with E-state index in [9.17, 15) is 26.4 Å². The quantitative estimate of drug-likeness (QED) is 0.645. The number of hydrogen-bond acceptors (Lipinski definition) is 4. The first-order valence-electron chi connectivity index (χ1n) is 10.9. The summed E-state index contributed by atoms with van der Waals surface area (Å²) in [4.78, 5) is 14.6. The van der Waals surface area contributed by atoms with E-state index in [2.05, 4.69) is 21.8 Å². The summed E-state index contributed by atoms with van der Waals surface area (Å²) in [6, 6.07) is 12.8. The number of hydrogen-bond donors (Lipinski definition) is 1. The van der Waals surface area contributed by atoms with Crippen LogP contribution in [0.4, 0.5) is 13.2 Å². The van der Waals surface area contributed by atoms with E-state index in [-0.39, 0.29) is 31.0 Å². The molecule has 2 aliphatic heterocycles. The maximum atomic E-state index is 12.8. The van der Waals surface area contributed by atoms with Gasteiger partial charge in [0.2, 0.25) is 10.0 Å². The van der Waals surface area contributed by atoms with Crippen molar-refractivity contribution in [2.75, 3.05) is 26.2 Å². The van der Waals surface area contributed by atoms with Crippen LogP contribution in [0.15, 0.2) is 47.4 Å². The average Bonchev–Trinajstić information content (AvgIpc) is 2.80. The SMILES string of the molecule is O=C(N1CCc2ccc(S(=O)(=O)NCCCN3CCc4ccccc4C3)cc2C1)C(F)(F)F. The molecule has 4 rings (SSSR count). The Kier molecular flexibility index (Phi) is 6.78. The smallest absolute Gasteiger partial charge is 0.330 e. The van der Waals surface area contributed by atoms with E-state index in [1.807, 2.05) is 12.1 Å². The number of carbonyl (C=O) groups excluding carboxylic acids is 1. The number of rotatable bonds is 6. The Labute approximate surface area is 191 Å². The summed E-state index contributed by atoms with van der Waals surface area (Å²) in [5, 5.41) is 0. The molecule has 0 aromatic heterocycles. The van der Waals surface area contributed by atoms with E-state index in [1.54, 1.807) is 6.07 Å². The van der Waals surface area contributed by atoms with E-state index >= 15 is 0 Å². The highest BCUT2D eigenvalue weighted by atomic mass is 32.2. The molecule has 1 amide bonds. The third-order valence-corrected chi connectivity index (χ3v) is 7.64. The fraction of sp³-hybridized carbons (Fsp3) is 0.435. The summed E-state index contributed by atoms with van der Waals surface area (Å²) in [5.74, 6) is -1.90. The fourth-order valence-electron chi connectivity index (χ4n) is 4.39. The van der Waals surface area contributed by atoms with Gasteiger partial charge < -0.3 is 4.90 Å². The zero-order valence-electron chi connectivity index (χ0n) is 18.1. The summed E-state index contributed by atoms with van der Waals surface area (Å²) < 4.78 is 66.3. The predicted octanol–water partition coefficient (Wildman–Crippen LogP) is 2.86. The summed E-state index contributed by atoms with van der Waals surface area (Å²) >= 11 is 0. The number of sulfonamides is 1. The van der Waals surface area contributed by atoms with Crippen molar-refractivity contribution < 1.29 is 26.4 Å². The first-order chi connectivity index (χ1) is 15.6. The monoisotopic (exact) mass is 481 g/mol. The van der Waals surface area contributed by atoms with Crippen LogP contribution in [-0.4, -0.2) is 56.5 Å². The van der Waals surface area contributed by atoms with Crippen molar-refractivity contribution in [3.63, 3.8) is 0 Å². The Bertz CT molecular complexity index is 1140. The fourth-order valence-corrected chi connectivity index (χ4v) is 5.52. The second-order valence-corrected chi connectivity index (χ2v) is 10.2. The van der Waals surface area contributed by atoms with Crippen molar-refractivity contribution in [3.05, 3.63) is 64.7 Å². The minimum atomic E-state index is -4.95. The van der Waals surface area contributed by atoms with Crippen LogP contribution < -0.4 is 4.72 Å². The van der Waals surface area contributed by atoms with Gasteiger partial charge in [-0.15, -0.1) is 0 Å². The number of fused-ring (bicyclic) bond motifs is 2. The molecule has 0 aliphatic carbocycles. The second kappa shape index (κ2) is 9.44. The molecule has 0 radical (unpaired) electrons. The van der Waals surface area contributed by atoms with Crippen LogP contribution in [0.5, 0.6) is 0 Å². The van der Waals surface area contributed by atoms with Crippen molar-refractivity contribution in [2.45, 2.75) is 43.4 Å². The van der Waals surface area contributed by atoms with Crippen LogP contribution in [-0.2, 0) is 40.7 Å². The van der Waals surface area contributed by atoms with E-state index < -0.39 is 22.1 Å². The van der Waals surface area contributed by atoms with E-state index in [1.165, 1.54) is 23.3 Å². The Morgan fingerprint density at radius 1 is 0.939 bits per heavy atom. The van der Waals surface area contributed by atoms with E-state index in [4.69, 9.17) is 0 Å². The van der Waals surface area contributed by atoms with Crippen LogP contribution in [0.1, 0.15) is 28.7 Å². The first kappa shape index (κ1) is 23.7. The highest BCUT2D eigenvalue weighted by molar-refractivity contribution is 7.89. The lowest BCUT2D eigenvalue weighted by Crippen LogP contribution is -2.43. The minimum absolute atomic E-state index is 0.00513. The lowest BCUT2D eigenvalue weighted by molar-refractivity contribution is -0.186. The molecule has 178 valence electrons. The molecule has 2 heterocycles. The van der Waals surface area contributed by atoms with Crippen molar-refractivity contribution >= 4 is 15.9 Å². The third-order valence-electron chi connectivity index (χ3n) is 6.18. The Balaban J connectivity index is 1.32. The molecule has 0 atom stereocenters. The van der Waals surface area contributed by atoms with Crippen LogP contribution >= 0.6 is 0 Å². The van der Waals surface area contributed by atoms with Gasteiger partial charge in [-0.25, -0.2) is 13.1 Å². The number of amides is 1. The highest BCUT2D eigenvalue weighted by Crippen LogP contribution is 2.26. The third kappa shape index (κ3) is 5.56. The van der Waals surface area contributed by atoms with Gasteiger partial charge in [-0.3, -0.25) is 9.69 Å².